The van der Waals surface area contributed by atoms with Gasteiger partial charge in [-0.05, 0) is 0 Å². The third kappa shape index (κ3) is 4.08. The average Bonchev–Trinajstić information content (AvgIpc) is 2.90. The molecule has 0 bridgehead atoms. The summed E-state index contributed by atoms with van der Waals surface area (Å²) in [6.07, 6.45) is -1.19. The van der Waals surface area contributed by atoms with Crippen molar-refractivity contribution in [2.24, 2.45) is 0 Å². The van der Waals surface area contributed by atoms with E-state index in [9.17, 15) is 10.4 Å². The van der Waals surface area contributed by atoms with Gasteiger partial charge in [-0.25, -0.2) is 0 Å². The Balaban J connectivity index is 2.04. The molecule has 5 heteroatoms. The molecule has 0 aromatic heterocycles. The van der Waals surface area contributed by atoms with E-state index in [0.29, 0.717) is 5.56 Å². The van der Waals surface area contributed by atoms with E-state index in [0.717, 1.165) is 15.9 Å². The molecule has 0 saturated carbocycles. The molecule has 0 aliphatic carbocycles. The van der Waals surface area contributed by atoms with Gasteiger partial charge < -0.3 is 0 Å². The van der Waals surface area contributed by atoms with E-state index in [1.54, 1.807) is 12.1 Å². The fourth-order valence-electron chi connectivity index (χ4n) is 4.45. The maximum atomic E-state index is 11.4. The number of aliphatic hydroxyl groups is 1. The van der Waals surface area contributed by atoms with Crippen LogP contribution in [0.1, 0.15) is 11.7 Å². The van der Waals surface area contributed by atoms with Gasteiger partial charge in [0, 0.05) is 0 Å². The van der Waals surface area contributed by atoms with Crippen LogP contribution in [-0.2, 0) is 0 Å². The van der Waals surface area contributed by atoms with Crippen molar-refractivity contribution < 1.29 is 5.11 Å². The van der Waals surface area contributed by atoms with E-state index < -0.39 is 16.9 Å². The molecule has 1 N–H and O–H groups in total. The predicted molar refractivity (Wildman–Crippen MR) is 141 cm³/mol. The quantitative estimate of drug-likeness (QED) is 0.258. The van der Waals surface area contributed by atoms with E-state index >= 15 is 0 Å². The van der Waals surface area contributed by atoms with Crippen LogP contribution < -0.4 is 15.9 Å². The molecule has 0 spiro atoms. The Bertz CT molecular complexity index is 1150. The number of alkyl halides is 1. The Kier molecular flexibility index (Phi) is 6.62. The van der Waals surface area contributed by atoms with Crippen LogP contribution in [0.15, 0.2) is 121 Å². The first-order valence-electron chi connectivity index (χ1n) is 10.7. The molecule has 0 aliphatic heterocycles. The summed E-state index contributed by atoms with van der Waals surface area (Å²) in [5, 5.41) is 24.4. The molecule has 4 aromatic carbocycles. The van der Waals surface area contributed by atoms with Crippen molar-refractivity contribution in [3.63, 3.8) is 0 Å². The third-order valence-electron chi connectivity index (χ3n) is 6.15. The molecule has 4 aromatic rings. The summed E-state index contributed by atoms with van der Waals surface area (Å²) in [4.78, 5) is -1.68. The molecule has 0 aliphatic rings. The van der Waals surface area contributed by atoms with E-state index in [2.05, 4.69) is 6.07 Å². The Morgan fingerprint density at radius 1 is 0.697 bits per heavy atom. The van der Waals surface area contributed by atoms with Crippen LogP contribution in [0.5, 0.6) is 0 Å². The zero-order valence-corrected chi connectivity index (χ0v) is 20.3. The molecule has 4 rings (SSSR count). The van der Waals surface area contributed by atoms with Crippen molar-refractivity contribution >= 4 is 44.7 Å². The number of hydrogen-bond donors (Lipinski definition) is 1. The number of benzene rings is 4. The van der Waals surface area contributed by atoms with Crippen molar-refractivity contribution in [1.29, 1.82) is 5.26 Å². The third-order valence-corrected chi connectivity index (χ3v) is 14.1. The van der Waals surface area contributed by atoms with Gasteiger partial charge in [0.05, 0.1) is 0 Å². The van der Waals surface area contributed by atoms with Crippen LogP contribution in [0.3, 0.4) is 0 Å². The number of nitrogens with zero attached hydrogens (tertiary/aromatic N) is 1. The van der Waals surface area contributed by atoms with Gasteiger partial charge in [-0.1, -0.05) is 0 Å². The standard InChI is InChI=1S/C28H24Cl2NOP/c29-28(21-31,27(32)23-13-5-1-6-14-23)22-33(30,24-15-7-2-8-16-24,25-17-9-3-10-18-25)26-19-11-4-12-20-26/h1-20,27,32H,22H2. The second-order valence-corrected chi connectivity index (χ2v) is 15.3. The van der Waals surface area contributed by atoms with Crippen molar-refractivity contribution in [3.05, 3.63) is 127 Å². The molecule has 2 nitrogen and oxygen atoms in total. The molecule has 33 heavy (non-hydrogen) atoms. The molecule has 0 amide bonds. The molecule has 2 unspecified atom stereocenters. The van der Waals surface area contributed by atoms with Gasteiger partial charge >= 0.3 is 205 Å². The van der Waals surface area contributed by atoms with Crippen LogP contribution in [0, 0.1) is 11.3 Å². The summed E-state index contributed by atoms with van der Waals surface area (Å²) < 4.78 is 0. The monoisotopic (exact) mass is 491 g/mol. The first-order chi connectivity index (χ1) is 15.9. The van der Waals surface area contributed by atoms with Crippen molar-refractivity contribution in [2.75, 3.05) is 6.16 Å². The van der Waals surface area contributed by atoms with E-state index in [1.807, 2.05) is 109 Å². The van der Waals surface area contributed by atoms with Gasteiger partial charge in [0.25, 0.3) is 0 Å². The predicted octanol–water partition coefficient (Wildman–Crippen LogP) is 5.90. The number of hydrogen-bond acceptors (Lipinski definition) is 2. The van der Waals surface area contributed by atoms with Gasteiger partial charge in [0.2, 0.25) is 0 Å². The fourth-order valence-corrected chi connectivity index (χ4v) is 12.0. The molecule has 0 fully saturated rings. The first kappa shape index (κ1) is 23.5. The van der Waals surface area contributed by atoms with E-state index in [4.69, 9.17) is 22.8 Å². The summed E-state index contributed by atoms with van der Waals surface area (Å²) in [6, 6.07) is 40.7. The van der Waals surface area contributed by atoms with Crippen molar-refractivity contribution in [2.45, 2.75) is 11.0 Å². The minimum atomic E-state index is -3.84. The summed E-state index contributed by atoms with van der Waals surface area (Å²) in [5.41, 5.74) is 0.574. The average molecular weight is 492 g/mol. The zero-order valence-electron chi connectivity index (χ0n) is 17.9. The molecule has 0 heterocycles. The molecular formula is C28H24Cl2NOP. The maximum absolute atomic E-state index is 11.4. The van der Waals surface area contributed by atoms with Crippen molar-refractivity contribution in [3.8, 4) is 6.07 Å². The molecular weight excluding hydrogens is 468 g/mol. The Labute approximate surface area is 204 Å². The number of rotatable bonds is 7. The van der Waals surface area contributed by atoms with Gasteiger partial charge in [-0.15, -0.1) is 0 Å². The van der Waals surface area contributed by atoms with Crippen LogP contribution in [0.25, 0.3) is 0 Å². The topological polar surface area (TPSA) is 44.0 Å². The number of nitriles is 1. The van der Waals surface area contributed by atoms with E-state index in [1.165, 1.54) is 0 Å². The summed E-state index contributed by atoms with van der Waals surface area (Å²) in [6.45, 7) is 0. The second-order valence-electron chi connectivity index (χ2n) is 8.14. The second kappa shape index (κ2) is 9.30. The van der Waals surface area contributed by atoms with Crippen LogP contribution in [-0.4, -0.2) is 16.1 Å². The first-order valence-corrected chi connectivity index (χ1v) is 14.4. The molecule has 0 radical (unpaired) electrons. The summed E-state index contributed by atoms with van der Waals surface area (Å²) in [5.74, 6) is -3.84. The Morgan fingerprint density at radius 3 is 1.36 bits per heavy atom. The zero-order chi connectivity index (χ0) is 23.4. The minimum absolute atomic E-state index is 0.0479. The summed E-state index contributed by atoms with van der Waals surface area (Å²) >= 11 is 15.1. The molecule has 166 valence electrons. The van der Waals surface area contributed by atoms with Crippen LogP contribution in [0.4, 0.5) is 0 Å². The van der Waals surface area contributed by atoms with Gasteiger partial charge in [-0.3, -0.25) is 0 Å². The van der Waals surface area contributed by atoms with Crippen LogP contribution in [0.2, 0.25) is 0 Å². The van der Waals surface area contributed by atoms with Crippen LogP contribution >= 0.6 is 28.8 Å². The van der Waals surface area contributed by atoms with Crippen molar-refractivity contribution in [1.82, 2.24) is 0 Å². The van der Waals surface area contributed by atoms with Gasteiger partial charge in [-0.2, -0.15) is 0 Å². The van der Waals surface area contributed by atoms with Gasteiger partial charge in [0.15, 0.2) is 0 Å². The SMILES string of the molecule is N#CC(Cl)(CP(Cl)(c1ccccc1)(c1ccccc1)c1ccccc1)C(O)c1ccccc1. The fraction of sp³-hybridized carbons (Fsp3) is 0.107. The Morgan fingerprint density at radius 2 is 1.03 bits per heavy atom. The number of halogens is 2. The molecule has 2 atom stereocenters. The Hall–Kier alpha value is -2.66. The van der Waals surface area contributed by atoms with E-state index in [-0.39, 0.29) is 6.16 Å². The number of aliphatic hydroxyl groups excluding tert-OH is 1. The normalized spacial score (nSPS) is 15.4. The summed E-state index contributed by atoms with van der Waals surface area (Å²) in [7, 11) is 0. The van der Waals surface area contributed by atoms with Gasteiger partial charge in [0.1, 0.15) is 0 Å². The molecule has 0 saturated heterocycles.